The van der Waals surface area contributed by atoms with Gasteiger partial charge in [0.25, 0.3) is 0 Å². The Morgan fingerprint density at radius 3 is 2.53 bits per heavy atom. The second-order valence-electron chi connectivity index (χ2n) is 4.54. The Labute approximate surface area is 97.0 Å². The Morgan fingerprint density at radius 2 is 1.93 bits per heavy atom. The number of benzene rings is 1. The van der Waals surface area contributed by atoms with Crippen LogP contribution >= 0.6 is 11.6 Å². The molecule has 1 aromatic rings. The van der Waals surface area contributed by atoms with Crippen LogP contribution in [0.3, 0.4) is 0 Å². The molecule has 1 heterocycles. The van der Waals surface area contributed by atoms with E-state index in [1.54, 1.807) is 0 Å². The van der Waals surface area contributed by atoms with E-state index in [4.69, 9.17) is 11.6 Å². The summed E-state index contributed by atoms with van der Waals surface area (Å²) in [5, 5.41) is 0.827. The summed E-state index contributed by atoms with van der Waals surface area (Å²) in [5.74, 6) is 0. The maximum atomic E-state index is 5.90. The SMILES string of the molecule is CC(C)N1CCC[C@@H]1c1ccc(Cl)cc1. The maximum absolute atomic E-state index is 5.90. The van der Waals surface area contributed by atoms with Crippen LogP contribution in [-0.2, 0) is 0 Å². The standard InChI is InChI=1S/C13H18ClN/c1-10(2)15-9-3-4-13(15)11-5-7-12(14)8-6-11/h5-8,10,13H,3-4,9H2,1-2H3/t13-/m1/s1. The van der Waals surface area contributed by atoms with Gasteiger partial charge in [0.1, 0.15) is 0 Å². The predicted molar refractivity (Wildman–Crippen MR) is 65.3 cm³/mol. The molecule has 0 radical (unpaired) electrons. The average molecular weight is 224 g/mol. The van der Waals surface area contributed by atoms with Crippen molar-refractivity contribution < 1.29 is 0 Å². The summed E-state index contributed by atoms with van der Waals surface area (Å²) in [4.78, 5) is 2.57. The fraction of sp³-hybridized carbons (Fsp3) is 0.538. The quantitative estimate of drug-likeness (QED) is 0.736. The van der Waals surface area contributed by atoms with Gasteiger partial charge in [-0.15, -0.1) is 0 Å². The van der Waals surface area contributed by atoms with Crippen LogP contribution in [0, 0.1) is 0 Å². The van der Waals surface area contributed by atoms with E-state index >= 15 is 0 Å². The van der Waals surface area contributed by atoms with Crippen molar-refractivity contribution >= 4 is 11.6 Å². The molecule has 0 spiro atoms. The van der Waals surface area contributed by atoms with Gasteiger partial charge in [-0.05, 0) is 50.9 Å². The first-order valence-electron chi connectivity index (χ1n) is 5.69. The normalized spacial score (nSPS) is 22.5. The molecule has 2 rings (SSSR count). The minimum Gasteiger partial charge on any atom is -0.294 e. The third-order valence-corrected chi connectivity index (χ3v) is 3.46. The van der Waals surface area contributed by atoms with E-state index in [9.17, 15) is 0 Å². The van der Waals surface area contributed by atoms with E-state index in [1.165, 1.54) is 24.9 Å². The van der Waals surface area contributed by atoms with Crippen molar-refractivity contribution in [1.29, 1.82) is 0 Å². The molecule has 1 fully saturated rings. The molecule has 0 N–H and O–H groups in total. The van der Waals surface area contributed by atoms with Crippen LogP contribution in [0.5, 0.6) is 0 Å². The summed E-state index contributed by atoms with van der Waals surface area (Å²) < 4.78 is 0. The van der Waals surface area contributed by atoms with Gasteiger partial charge >= 0.3 is 0 Å². The topological polar surface area (TPSA) is 3.24 Å². The summed E-state index contributed by atoms with van der Waals surface area (Å²) in [6, 6.07) is 9.54. The zero-order chi connectivity index (χ0) is 10.8. The fourth-order valence-electron chi connectivity index (χ4n) is 2.45. The zero-order valence-corrected chi connectivity index (χ0v) is 10.2. The van der Waals surface area contributed by atoms with E-state index in [0.29, 0.717) is 12.1 Å². The third-order valence-electron chi connectivity index (χ3n) is 3.21. The molecule has 0 aromatic heterocycles. The molecule has 1 aliphatic heterocycles. The molecule has 2 heteroatoms. The van der Waals surface area contributed by atoms with Crippen molar-refractivity contribution in [3.8, 4) is 0 Å². The Hall–Kier alpha value is -0.530. The Bertz CT molecular complexity index is 318. The minimum absolute atomic E-state index is 0.599. The third kappa shape index (κ3) is 2.35. The number of hydrogen-bond donors (Lipinski definition) is 0. The molecule has 1 saturated heterocycles. The molecule has 0 amide bonds. The Kier molecular flexibility index (Phi) is 3.32. The van der Waals surface area contributed by atoms with Crippen LogP contribution in [0.25, 0.3) is 0 Å². The van der Waals surface area contributed by atoms with Crippen molar-refractivity contribution in [3.05, 3.63) is 34.9 Å². The van der Waals surface area contributed by atoms with Crippen LogP contribution in [0.1, 0.15) is 38.3 Å². The highest BCUT2D eigenvalue weighted by atomic mass is 35.5. The molecule has 0 unspecified atom stereocenters. The molecule has 1 nitrogen and oxygen atoms in total. The monoisotopic (exact) mass is 223 g/mol. The van der Waals surface area contributed by atoms with Gasteiger partial charge in [-0.2, -0.15) is 0 Å². The second-order valence-corrected chi connectivity index (χ2v) is 4.98. The van der Waals surface area contributed by atoms with E-state index in [1.807, 2.05) is 12.1 Å². The fourth-order valence-corrected chi connectivity index (χ4v) is 2.58. The molecule has 1 aliphatic rings. The molecule has 1 atom stereocenters. The lowest BCUT2D eigenvalue weighted by molar-refractivity contribution is 0.205. The number of hydrogen-bond acceptors (Lipinski definition) is 1. The van der Waals surface area contributed by atoms with Gasteiger partial charge in [-0.25, -0.2) is 0 Å². The predicted octanol–water partition coefficient (Wildman–Crippen LogP) is 3.89. The molecule has 15 heavy (non-hydrogen) atoms. The lowest BCUT2D eigenvalue weighted by Crippen LogP contribution is -2.30. The van der Waals surface area contributed by atoms with Crippen molar-refractivity contribution in [1.82, 2.24) is 4.90 Å². The van der Waals surface area contributed by atoms with Crippen molar-refractivity contribution in [2.45, 2.75) is 38.8 Å². The van der Waals surface area contributed by atoms with Gasteiger partial charge in [-0.3, -0.25) is 4.90 Å². The Balaban J connectivity index is 2.19. The van der Waals surface area contributed by atoms with Gasteiger partial charge < -0.3 is 0 Å². The first-order valence-corrected chi connectivity index (χ1v) is 6.07. The van der Waals surface area contributed by atoms with Gasteiger partial charge in [0.2, 0.25) is 0 Å². The summed E-state index contributed by atoms with van der Waals surface area (Å²) in [7, 11) is 0. The first-order chi connectivity index (χ1) is 7.18. The number of halogens is 1. The highest BCUT2D eigenvalue weighted by Gasteiger charge is 2.27. The number of nitrogens with zero attached hydrogens (tertiary/aromatic N) is 1. The smallest absolute Gasteiger partial charge is 0.0406 e. The van der Waals surface area contributed by atoms with E-state index < -0.39 is 0 Å². The molecular formula is C13H18ClN. The molecule has 0 saturated carbocycles. The van der Waals surface area contributed by atoms with Crippen LogP contribution in [0.4, 0.5) is 0 Å². The van der Waals surface area contributed by atoms with Crippen molar-refractivity contribution in [2.24, 2.45) is 0 Å². The highest BCUT2D eigenvalue weighted by molar-refractivity contribution is 6.30. The summed E-state index contributed by atoms with van der Waals surface area (Å²) >= 11 is 5.90. The summed E-state index contributed by atoms with van der Waals surface area (Å²) in [6.07, 6.45) is 2.59. The highest BCUT2D eigenvalue weighted by Crippen LogP contribution is 2.33. The van der Waals surface area contributed by atoms with Crippen LogP contribution in [0.15, 0.2) is 24.3 Å². The average Bonchev–Trinajstić information content (AvgIpc) is 2.67. The lowest BCUT2D eigenvalue weighted by atomic mass is 10.0. The van der Waals surface area contributed by atoms with Gasteiger partial charge in [0.15, 0.2) is 0 Å². The Morgan fingerprint density at radius 1 is 1.27 bits per heavy atom. The largest absolute Gasteiger partial charge is 0.294 e. The van der Waals surface area contributed by atoms with Crippen LogP contribution in [0.2, 0.25) is 5.02 Å². The maximum Gasteiger partial charge on any atom is 0.0406 e. The minimum atomic E-state index is 0.599. The van der Waals surface area contributed by atoms with E-state index in [-0.39, 0.29) is 0 Å². The van der Waals surface area contributed by atoms with E-state index in [2.05, 4.69) is 30.9 Å². The van der Waals surface area contributed by atoms with Gasteiger partial charge in [-0.1, -0.05) is 23.7 Å². The van der Waals surface area contributed by atoms with E-state index in [0.717, 1.165) is 5.02 Å². The summed E-state index contributed by atoms with van der Waals surface area (Å²) in [5.41, 5.74) is 1.41. The van der Waals surface area contributed by atoms with Gasteiger partial charge in [0, 0.05) is 17.1 Å². The zero-order valence-electron chi connectivity index (χ0n) is 9.41. The molecule has 82 valence electrons. The van der Waals surface area contributed by atoms with Crippen LogP contribution < -0.4 is 0 Å². The second kappa shape index (κ2) is 4.54. The molecular weight excluding hydrogens is 206 g/mol. The number of likely N-dealkylation sites (tertiary alicyclic amines) is 1. The first kappa shape index (κ1) is 11.0. The van der Waals surface area contributed by atoms with Gasteiger partial charge in [0.05, 0.1) is 0 Å². The number of rotatable bonds is 2. The summed E-state index contributed by atoms with van der Waals surface area (Å²) in [6.45, 7) is 5.77. The molecule has 1 aromatic carbocycles. The van der Waals surface area contributed by atoms with Crippen molar-refractivity contribution in [2.75, 3.05) is 6.54 Å². The lowest BCUT2D eigenvalue weighted by Gasteiger charge is -2.28. The molecule has 0 bridgehead atoms. The van der Waals surface area contributed by atoms with Crippen LogP contribution in [-0.4, -0.2) is 17.5 Å². The molecule has 0 aliphatic carbocycles. The van der Waals surface area contributed by atoms with Crippen molar-refractivity contribution in [3.63, 3.8) is 0 Å².